The molecule has 0 unspecified atom stereocenters. The van der Waals surface area contributed by atoms with Crippen LogP contribution in [0.4, 0.5) is 4.79 Å². The molecule has 0 saturated heterocycles. The zero-order chi connectivity index (χ0) is 15.1. The Morgan fingerprint density at radius 2 is 1.57 bits per heavy atom. The normalized spacial score (nSPS) is 10.3. The lowest BCUT2D eigenvalue weighted by Gasteiger charge is -2.06. The maximum absolute atomic E-state index is 10.5. The summed E-state index contributed by atoms with van der Waals surface area (Å²) in [7, 11) is 1.61. The van der Waals surface area contributed by atoms with Crippen molar-refractivity contribution in [1.82, 2.24) is 5.43 Å². The predicted octanol–water partition coefficient (Wildman–Crippen LogP) is 2.49. The van der Waals surface area contributed by atoms with E-state index < -0.39 is 6.03 Å². The molecular weight excluding hydrogens is 270 g/mol. The minimum absolute atomic E-state index is 0.695. The number of nitrogens with two attached hydrogens (primary N) is 1. The van der Waals surface area contributed by atoms with Gasteiger partial charge in [-0.25, -0.2) is 10.2 Å². The van der Waals surface area contributed by atoms with Crippen LogP contribution in [0.2, 0.25) is 0 Å². The van der Waals surface area contributed by atoms with Gasteiger partial charge < -0.3 is 15.2 Å². The second kappa shape index (κ2) is 6.95. The summed E-state index contributed by atoms with van der Waals surface area (Å²) < 4.78 is 10.8. The molecule has 0 saturated carbocycles. The number of rotatable bonds is 5. The van der Waals surface area contributed by atoms with Gasteiger partial charge in [-0.05, 0) is 54.1 Å². The van der Waals surface area contributed by atoms with Crippen LogP contribution in [-0.2, 0) is 0 Å². The SMILES string of the molecule is COc1ccc(Oc2ccc(/C=N/NC(N)=O)cc2)cc1. The Bertz CT molecular complexity index is 622. The molecule has 6 heteroatoms. The number of hydrazone groups is 1. The summed E-state index contributed by atoms with van der Waals surface area (Å²) in [5.74, 6) is 2.18. The van der Waals surface area contributed by atoms with E-state index in [1.807, 2.05) is 36.4 Å². The number of benzene rings is 2. The number of methoxy groups -OCH3 is 1. The van der Waals surface area contributed by atoms with Crippen LogP contribution in [0.15, 0.2) is 53.6 Å². The molecule has 0 aliphatic carbocycles. The zero-order valence-corrected chi connectivity index (χ0v) is 11.4. The van der Waals surface area contributed by atoms with E-state index in [-0.39, 0.29) is 0 Å². The van der Waals surface area contributed by atoms with E-state index >= 15 is 0 Å². The first kappa shape index (κ1) is 14.4. The van der Waals surface area contributed by atoms with E-state index in [0.29, 0.717) is 11.5 Å². The lowest BCUT2D eigenvalue weighted by molar-refractivity contribution is 0.249. The van der Waals surface area contributed by atoms with Crippen LogP contribution < -0.4 is 20.6 Å². The van der Waals surface area contributed by atoms with Gasteiger partial charge in [0.25, 0.3) is 0 Å². The topological polar surface area (TPSA) is 85.9 Å². The van der Waals surface area contributed by atoms with Gasteiger partial charge in [-0.15, -0.1) is 0 Å². The average Bonchev–Trinajstić information content (AvgIpc) is 2.49. The fourth-order valence-corrected chi connectivity index (χ4v) is 1.57. The van der Waals surface area contributed by atoms with Gasteiger partial charge in [-0.2, -0.15) is 5.10 Å². The van der Waals surface area contributed by atoms with Gasteiger partial charge in [0.2, 0.25) is 0 Å². The Kier molecular flexibility index (Phi) is 4.76. The number of primary amides is 1. The molecule has 2 rings (SSSR count). The minimum Gasteiger partial charge on any atom is -0.497 e. The Morgan fingerprint density at radius 1 is 1.05 bits per heavy atom. The average molecular weight is 285 g/mol. The van der Waals surface area contributed by atoms with E-state index in [0.717, 1.165) is 11.3 Å². The molecule has 0 heterocycles. The van der Waals surface area contributed by atoms with Crippen molar-refractivity contribution in [1.29, 1.82) is 0 Å². The summed E-state index contributed by atoms with van der Waals surface area (Å²) in [5, 5.41) is 3.67. The monoisotopic (exact) mass is 285 g/mol. The number of amides is 2. The predicted molar refractivity (Wildman–Crippen MR) is 79.8 cm³/mol. The molecule has 0 atom stereocenters. The maximum atomic E-state index is 10.5. The second-order valence-electron chi connectivity index (χ2n) is 4.08. The molecule has 0 aliphatic heterocycles. The third-order valence-corrected chi connectivity index (χ3v) is 2.56. The Balaban J connectivity index is 1.98. The maximum Gasteiger partial charge on any atom is 0.332 e. The molecule has 3 N–H and O–H groups in total. The molecule has 108 valence electrons. The van der Waals surface area contributed by atoms with E-state index in [4.69, 9.17) is 15.2 Å². The standard InChI is InChI=1S/C15H15N3O3/c1-20-12-6-8-14(9-7-12)21-13-4-2-11(3-5-13)10-17-18-15(16)19/h2-10H,1H3,(H3,16,18,19)/b17-10+. The molecule has 0 fully saturated rings. The first-order valence-corrected chi connectivity index (χ1v) is 6.18. The molecule has 0 aromatic heterocycles. The fraction of sp³-hybridized carbons (Fsp3) is 0.0667. The van der Waals surface area contributed by atoms with E-state index in [1.54, 1.807) is 19.2 Å². The molecule has 0 radical (unpaired) electrons. The van der Waals surface area contributed by atoms with Crippen LogP contribution in [0, 0.1) is 0 Å². The van der Waals surface area contributed by atoms with E-state index in [2.05, 4.69) is 10.5 Å². The number of hydrogen-bond donors (Lipinski definition) is 2. The van der Waals surface area contributed by atoms with Gasteiger partial charge in [0.15, 0.2) is 0 Å². The summed E-state index contributed by atoms with van der Waals surface area (Å²) in [6.07, 6.45) is 1.49. The molecule has 0 aliphatic rings. The summed E-state index contributed by atoms with van der Waals surface area (Å²) in [6, 6.07) is 13.8. The van der Waals surface area contributed by atoms with Crippen LogP contribution in [-0.4, -0.2) is 19.4 Å². The molecule has 0 spiro atoms. The summed E-state index contributed by atoms with van der Waals surface area (Å²) in [6.45, 7) is 0. The number of nitrogens with zero attached hydrogens (tertiary/aromatic N) is 1. The zero-order valence-electron chi connectivity index (χ0n) is 11.4. The van der Waals surface area contributed by atoms with Crippen molar-refractivity contribution in [3.8, 4) is 17.2 Å². The van der Waals surface area contributed by atoms with Crippen molar-refractivity contribution in [3.05, 3.63) is 54.1 Å². The lowest BCUT2D eigenvalue weighted by atomic mass is 10.2. The highest BCUT2D eigenvalue weighted by Gasteiger charge is 1.98. The van der Waals surface area contributed by atoms with E-state index in [1.165, 1.54) is 6.21 Å². The van der Waals surface area contributed by atoms with Gasteiger partial charge in [-0.1, -0.05) is 0 Å². The van der Waals surface area contributed by atoms with Gasteiger partial charge in [0.1, 0.15) is 17.2 Å². The van der Waals surface area contributed by atoms with Crippen molar-refractivity contribution >= 4 is 12.2 Å². The Hall–Kier alpha value is -3.02. The number of carbonyl (C=O) groups is 1. The number of hydrogen-bond acceptors (Lipinski definition) is 4. The fourth-order valence-electron chi connectivity index (χ4n) is 1.57. The van der Waals surface area contributed by atoms with E-state index in [9.17, 15) is 4.79 Å². The first-order valence-electron chi connectivity index (χ1n) is 6.18. The molecule has 21 heavy (non-hydrogen) atoms. The molecular formula is C15H15N3O3. The van der Waals surface area contributed by atoms with Crippen molar-refractivity contribution < 1.29 is 14.3 Å². The molecule has 0 bridgehead atoms. The number of carbonyl (C=O) groups excluding carboxylic acids is 1. The Morgan fingerprint density at radius 3 is 2.10 bits per heavy atom. The quantitative estimate of drug-likeness (QED) is 0.653. The molecule has 2 aromatic rings. The highest BCUT2D eigenvalue weighted by atomic mass is 16.5. The van der Waals surface area contributed by atoms with Crippen molar-refractivity contribution in [2.24, 2.45) is 10.8 Å². The van der Waals surface area contributed by atoms with Crippen LogP contribution in [0.5, 0.6) is 17.2 Å². The second-order valence-corrected chi connectivity index (χ2v) is 4.08. The highest BCUT2D eigenvalue weighted by Crippen LogP contribution is 2.23. The van der Waals surface area contributed by atoms with Gasteiger partial charge >= 0.3 is 6.03 Å². The molecule has 2 amide bonds. The smallest absolute Gasteiger partial charge is 0.332 e. The number of urea groups is 1. The van der Waals surface area contributed by atoms with Crippen molar-refractivity contribution in [3.63, 3.8) is 0 Å². The van der Waals surface area contributed by atoms with Crippen molar-refractivity contribution in [2.75, 3.05) is 7.11 Å². The third-order valence-electron chi connectivity index (χ3n) is 2.56. The third kappa shape index (κ3) is 4.54. The van der Waals surface area contributed by atoms with Crippen LogP contribution in [0.3, 0.4) is 0 Å². The Labute approximate surface area is 122 Å². The minimum atomic E-state index is -0.703. The van der Waals surface area contributed by atoms with Crippen LogP contribution >= 0.6 is 0 Å². The van der Waals surface area contributed by atoms with Crippen molar-refractivity contribution in [2.45, 2.75) is 0 Å². The highest BCUT2D eigenvalue weighted by molar-refractivity contribution is 5.81. The van der Waals surface area contributed by atoms with Crippen LogP contribution in [0.1, 0.15) is 5.56 Å². The van der Waals surface area contributed by atoms with Crippen LogP contribution in [0.25, 0.3) is 0 Å². The largest absolute Gasteiger partial charge is 0.497 e. The van der Waals surface area contributed by atoms with Gasteiger partial charge in [-0.3, -0.25) is 0 Å². The summed E-state index contributed by atoms with van der Waals surface area (Å²) in [5.41, 5.74) is 7.83. The molecule has 6 nitrogen and oxygen atoms in total. The summed E-state index contributed by atoms with van der Waals surface area (Å²) in [4.78, 5) is 10.5. The number of nitrogens with one attached hydrogen (secondary N) is 1. The lowest BCUT2D eigenvalue weighted by Crippen LogP contribution is -2.24. The number of ether oxygens (including phenoxy) is 2. The van der Waals surface area contributed by atoms with Gasteiger partial charge in [0.05, 0.1) is 13.3 Å². The molecule has 2 aromatic carbocycles. The first-order chi connectivity index (χ1) is 10.2. The van der Waals surface area contributed by atoms with Gasteiger partial charge in [0, 0.05) is 0 Å². The summed E-state index contributed by atoms with van der Waals surface area (Å²) >= 11 is 0.